The van der Waals surface area contributed by atoms with E-state index in [-0.39, 0.29) is 0 Å². The van der Waals surface area contributed by atoms with Gasteiger partial charge in [0.15, 0.2) is 5.58 Å². The van der Waals surface area contributed by atoms with E-state index < -0.39 is 6.10 Å². The van der Waals surface area contributed by atoms with Gasteiger partial charge in [-0.1, -0.05) is 53.0 Å². The van der Waals surface area contributed by atoms with Crippen LogP contribution in [-0.2, 0) is 6.42 Å². The molecule has 2 nitrogen and oxygen atoms in total. The first kappa shape index (κ1) is 14.7. The van der Waals surface area contributed by atoms with Crippen molar-refractivity contribution < 1.29 is 9.52 Å². The Morgan fingerprint density at radius 2 is 1.81 bits per heavy atom. The van der Waals surface area contributed by atoms with E-state index in [4.69, 9.17) is 39.2 Å². The van der Waals surface area contributed by atoms with E-state index in [0.717, 1.165) is 10.9 Å². The molecule has 0 saturated carbocycles. The number of aliphatic hydroxyl groups is 1. The van der Waals surface area contributed by atoms with Gasteiger partial charge in [0, 0.05) is 21.9 Å². The van der Waals surface area contributed by atoms with Crippen molar-refractivity contribution in [1.29, 1.82) is 0 Å². The molecule has 21 heavy (non-hydrogen) atoms. The Morgan fingerprint density at radius 3 is 2.52 bits per heavy atom. The molecule has 0 radical (unpaired) electrons. The van der Waals surface area contributed by atoms with Crippen molar-refractivity contribution in [2.24, 2.45) is 0 Å². The zero-order valence-corrected chi connectivity index (χ0v) is 13.1. The van der Waals surface area contributed by atoms with Crippen LogP contribution in [0.15, 0.2) is 46.9 Å². The molecule has 0 saturated heterocycles. The Balaban J connectivity index is 1.90. The molecule has 1 atom stereocenters. The number of hydrogen-bond acceptors (Lipinski definition) is 2. The predicted octanol–water partition coefficient (Wildman–Crippen LogP) is 5.67. The number of halogens is 3. The van der Waals surface area contributed by atoms with E-state index in [0.29, 0.717) is 32.8 Å². The fourth-order valence-corrected chi connectivity index (χ4v) is 2.91. The van der Waals surface area contributed by atoms with Gasteiger partial charge < -0.3 is 9.52 Å². The summed E-state index contributed by atoms with van der Waals surface area (Å²) in [5, 5.41) is 12.8. The first-order chi connectivity index (χ1) is 10.0. The Hall–Kier alpha value is -1.19. The SMILES string of the molecule is OC(Cc1ccc(Cl)cc1Cl)c1cc2cccc(Cl)c2o1. The molecule has 0 fully saturated rings. The van der Waals surface area contributed by atoms with Gasteiger partial charge >= 0.3 is 0 Å². The van der Waals surface area contributed by atoms with Crippen LogP contribution in [0.4, 0.5) is 0 Å². The molecular weight excluding hydrogens is 331 g/mol. The molecular formula is C16H11Cl3O2. The monoisotopic (exact) mass is 340 g/mol. The summed E-state index contributed by atoms with van der Waals surface area (Å²) in [6.07, 6.45) is -0.458. The van der Waals surface area contributed by atoms with Crippen LogP contribution >= 0.6 is 34.8 Å². The van der Waals surface area contributed by atoms with E-state index in [1.54, 1.807) is 30.3 Å². The summed E-state index contributed by atoms with van der Waals surface area (Å²) in [5.74, 6) is 0.462. The van der Waals surface area contributed by atoms with Gasteiger partial charge in [0.2, 0.25) is 0 Å². The van der Waals surface area contributed by atoms with E-state index in [2.05, 4.69) is 0 Å². The number of furan rings is 1. The van der Waals surface area contributed by atoms with E-state index in [9.17, 15) is 5.11 Å². The summed E-state index contributed by atoms with van der Waals surface area (Å²) in [6, 6.07) is 12.5. The lowest BCUT2D eigenvalue weighted by atomic mass is 10.1. The molecule has 108 valence electrons. The maximum absolute atomic E-state index is 10.3. The van der Waals surface area contributed by atoms with Gasteiger partial charge in [-0.05, 0) is 29.8 Å². The van der Waals surface area contributed by atoms with Gasteiger partial charge in [-0.25, -0.2) is 0 Å². The Kier molecular flexibility index (Phi) is 4.14. The highest BCUT2D eigenvalue weighted by Gasteiger charge is 2.16. The number of rotatable bonds is 3. The molecule has 0 aliphatic heterocycles. The van der Waals surface area contributed by atoms with E-state index in [1.807, 2.05) is 12.1 Å². The van der Waals surface area contributed by atoms with E-state index >= 15 is 0 Å². The lowest BCUT2D eigenvalue weighted by Gasteiger charge is -2.09. The zero-order chi connectivity index (χ0) is 15.0. The van der Waals surface area contributed by atoms with Gasteiger partial charge in [0.05, 0.1) is 5.02 Å². The summed E-state index contributed by atoms with van der Waals surface area (Å²) in [7, 11) is 0. The van der Waals surface area contributed by atoms with Crippen molar-refractivity contribution in [2.45, 2.75) is 12.5 Å². The number of fused-ring (bicyclic) bond motifs is 1. The second-order valence-electron chi connectivity index (χ2n) is 4.76. The van der Waals surface area contributed by atoms with Crippen LogP contribution in [0, 0.1) is 0 Å². The standard InChI is InChI=1S/C16H11Cl3O2/c17-11-5-4-9(13(19)8-11)6-14(20)15-7-10-2-1-3-12(18)16(10)21-15/h1-5,7-8,14,20H,6H2. The quantitative estimate of drug-likeness (QED) is 0.666. The largest absolute Gasteiger partial charge is 0.457 e. The minimum atomic E-state index is -0.799. The molecule has 2 aromatic carbocycles. The molecule has 5 heteroatoms. The van der Waals surface area contributed by atoms with Crippen molar-refractivity contribution >= 4 is 45.8 Å². The summed E-state index contributed by atoms with van der Waals surface area (Å²) in [5.41, 5.74) is 1.38. The first-order valence-electron chi connectivity index (χ1n) is 6.34. The second-order valence-corrected chi connectivity index (χ2v) is 6.01. The van der Waals surface area contributed by atoms with Crippen LogP contribution < -0.4 is 0 Å². The lowest BCUT2D eigenvalue weighted by molar-refractivity contribution is 0.152. The minimum Gasteiger partial charge on any atom is -0.457 e. The second kappa shape index (κ2) is 5.90. The van der Waals surface area contributed by atoms with Gasteiger partial charge in [0.1, 0.15) is 11.9 Å². The van der Waals surface area contributed by atoms with Gasteiger partial charge in [-0.15, -0.1) is 0 Å². The van der Waals surface area contributed by atoms with Crippen molar-refractivity contribution in [2.75, 3.05) is 0 Å². The number of aliphatic hydroxyl groups excluding tert-OH is 1. The summed E-state index contributed by atoms with van der Waals surface area (Å²) in [4.78, 5) is 0. The Bertz CT molecular complexity index is 795. The molecule has 1 unspecified atom stereocenters. The fourth-order valence-electron chi connectivity index (χ4n) is 2.21. The van der Waals surface area contributed by atoms with Crippen LogP contribution in [0.5, 0.6) is 0 Å². The molecule has 0 bridgehead atoms. The highest BCUT2D eigenvalue weighted by atomic mass is 35.5. The molecule has 1 heterocycles. The predicted molar refractivity (Wildman–Crippen MR) is 86.3 cm³/mol. The highest BCUT2D eigenvalue weighted by molar-refractivity contribution is 6.35. The average molecular weight is 342 g/mol. The molecule has 1 N–H and O–H groups in total. The van der Waals surface area contributed by atoms with Crippen molar-refractivity contribution in [3.8, 4) is 0 Å². The van der Waals surface area contributed by atoms with Crippen molar-refractivity contribution in [3.05, 3.63) is 68.9 Å². The zero-order valence-electron chi connectivity index (χ0n) is 10.8. The molecule has 0 amide bonds. The van der Waals surface area contributed by atoms with Crippen molar-refractivity contribution in [3.63, 3.8) is 0 Å². The third-order valence-electron chi connectivity index (χ3n) is 3.27. The number of hydrogen-bond donors (Lipinski definition) is 1. The minimum absolute atomic E-state index is 0.341. The van der Waals surface area contributed by atoms with Crippen LogP contribution in [0.3, 0.4) is 0 Å². The molecule has 0 aliphatic carbocycles. The van der Waals surface area contributed by atoms with Crippen LogP contribution in [0.1, 0.15) is 17.4 Å². The Labute approximate surface area is 136 Å². The molecule has 3 aromatic rings. The third kappa shape index (κ3) is 3.04. The summed E-state index contributed by atoms with van der Waals surface area (Å²) < 4.78 is 5.65. The Morgan fingerprint density at radius 1 is 1.00 bits per heavy atom. The molecule has 0 aliphatic rings. The van der Waals surface area contributed by atoms with Gasteiger partial charge in [-0.3, -0.25) is 0 Å². The number of para-hydroxylation sites is 1. The molecule has 1 aromatic heterocycles. The normalized spacial score (nSPS) is 12.8. The van der Waals surface area contributed by atoms with Gasteiger partial charge in [-0.2, -0.15) is 0 Å². The average Bonchev–Trinajstić information content (AvgIpc) is 2.87. The topological polar surface area (TPSA) is 33.4 Å². The lowest BCUT2D eigenvalue weighted by Crippen LogP contribution is -2.00. The van der Waals surface area contributed by atoms with E-state index in [1.165, 1.54) is 0 Å². The smallest absolute Gasteiger partial charge is 0.152 e. The van der Waals surface area contributed by atoms with Crippen LogP contribution in [-0.4, -0.2) is 5.11 Å². The van der Waals surface area contributed by atoms with Crippen LogP contribution in [0.2, 0.25) is 15.1 Å². The summed E-state index contributed by atoms with van der Waals surface area (Å²) >= 11 is 18.0. The highest BCUT2D eigenvalue weighted by Crippen LogP contribution is 2.32. The maximum atomic E-state index is 10.3. The third-order valence-corrected chi connectivity index (χ3v) is 4.16. The first-order valence-corrected chi connectivity index (χ1v) is 7.48. The van der Waals surface area contributed by atoms with Crippen molar-refractivity contribution in [1.82, 2.24) is 0 Å². The molecule has 0 spiro atoms. The van der Waals surface area contributed by atoms with Gasteiger partial charge in [0.25, 0.3) is 0 Å². The number of benzene rings is 2. The maximum Gasteiger partial charge on any atom is 0.152 e. The summed E-state index contributed by atoms with van der Waals surface area (Å²) in [6.45, 7) is 0. The fraction of sp³-hybridized carbons (Fsp3) is 0.125. The molecule has 3 rings (SSSR count). The van der Waals surface area contributed by atoms with Crippen LogP contribution in [0.25, 0.3) is 11.0 Å².